The molecule has 0 saturated carbocycles. The summed E-state index contributed by atoms with van der Waals surface area (Å²) in [5.41, 5.74) is 0.314. The van der Waals surface area contributed by atoms with Crippen molar-refractivity contribution in [1.82, 2.24) is 4.98 Å². The SMILES string of the molecule is Cc1ccc(C(=O)Nc2ccnc(C(=O)O)c2)s1. The first-order chi connectivity index (χ1) is 8.56. The van der Waals surface area contributed by atoms with Crippen molar-refractivity contribution in [3.63, 3.8) is 0 Å². The maximum atomic E-state index is 11.8. The lowest BCUT2D eigenvalue weighted by Gasteiger charge is -2.03. The third-order valence-corrected chi connectivity index (χ3v) is 3.20. The first-order valence-corrected chi connectivity index (χ1v) is 5.95. The summed E-state index contributed by atoms with van der Waals surface area (Å²) >= 11 is 1.38. The van der Waals surface area contributed by atoms with Gasteiger partial charge in [0.15, 0.2) is 0 Å². The summed E-state index contributed by atoms with van der Waals surface area (Å²) in [6.07, 6.45) is 1.35. The average molecular weight is 262 g/mol. The molecule has 0 radical (unpaired) electrons. The Morgan fingerprint density at radius 3 is 2.72 bits per heavy atom. The van der Waals surface area contributed by atoms with Crippen LogP contribution < -0.4 is 5.32 Å². The fraction of sp³-hybridized carbons (Fsp3) is 0.0833. The van der Waals surface area contributed by atoms with E-state index in [-0.39, 0.29) is 11.6 Å². The molecule has 0 atom stereocenters. The van der Waals surface area contributed by atoms with Gasteiger partial charge in [-0.15, -0.1) is 11.3 Å². The molecule has 0 spiro atoms. The largest absolute Gasteiger partial charge is 0.477 e. The van der Waals surface area contributed by atoms with Crippen molar-refractivity contribution in [2.24, 2.45) is 0 Å². The van der Waals surface area contributed by atoms with Crippen LogP contribution in [0.25, 0.3) is 0 Å². The van der Waals surface area contributed by atoms with Gasteiger partial charge in [0.1, 0.15) is 5.69 Å². The number of aryl methyl sites for hydroxylation is 1. The molecular weight excluding hydrogens is 252 g/mol. The first kappa shape index (κ1) is 12.3. The minimum atomic E-state index is -1.13. The van der Waals surface area contributed by atoms with Gasteiger partial charge >= 0.3 is 5.97 Å². The number of carboxylic acid groups (broad SMARTS) is 1. The zero-order chi connectivity index (χ0) is 13.1. The van der Waals surface area contributed by atoms with E-state index in [0.717, 1.165) is 4.88 Å². The topological polar surface area (TPSA) is 79.3 Å². The molecular formula is C12H10N2O3S. The molecule has 0 aliphatic rings. The molecule has 2 rings (SSSR count). The van der Waals surface area contributed by atoms with Crippen molar-refractivity contribution in [3.8, 4) is 0 Å². The molecule has 2 aromatic rings. The van der Waals surface area contributed by atoms with E-state index in [9.17, 15) is 9.59 Å². The van der Waals surface area contributed by atoms with Gasteiger partial charge in [-0.3, -0.25) is 4.79 Å². The zero-order valence-corrected chi connectivity index (χ0v) is 10.3. The highest BCUT2D eigenvalue weighted by molar-refractivity contribution is 7.14. The quantitative estimate of drug-likeness (QED) is 0.890. The number of anilines is 1. The fourth-order valence-corrected chi connectivity index (χ4v) is 2.14. The van der Waals surface area contributed by atoms with E-state index in [0.29, 0.717) is 10.6 Å². The van der Waals surface area contributed by atoms with E-state index in [1.165, 1.54) is 23.6 Å². The summed E-state index contributed by atoms with van der Waals surface area (Å²) in [5.74, 6) is -1.38. The van der Waals surface area contributed by atoms with E-state index < -0.39 is 5.97 Å². The van der Waals surface area contributed by atoms with Crippen LogP contribution in [0.3, 0.4) is 0 Å². The number of aromatic nitrogens is 1. The monoisotopic (exact) mass is 262 g/mol. The summed E-state index contributed by atoms with van der Waals surface area (Å²) < 4.78 is 0. The van der Waals surface area contributed by atoms with E-state index in [4.69, 9.17) is 5.11 Å². The van der Waals surface area contributed by atoms with Gasteiger partial charge in [0.2, 0.25) is 0 Å². The smallest absolute Gasteiger partial charge is 0.354 e. The Bertz CT molecular complexity index is 607. The van der Waals surface area contributed by atoms with Crippen LogP contribution in [0.1, 0.15) is 25.0 Å². The van der Waals surface area contributed by atoms with Crippen LogP contribution in [0.4, 0.5) is 5.69 Å². The summed E-state index contributed by atoms with van der Waals surface area (Å²) in [5, 5.41) is 11.4. The van der Waals surface area contributed by atoms with Gasteiger partial charge in [-0.05, 0) is 31.2 Å². The van der Waals surface area contributed by atoms with E-state index in [1.54, 1.807) is 12.1 Å². The molecule has 0 aliphatic carbocycles. The van der Waals surface area contributed by atoms with Crippen LogP contribution in [0, 0.1) is 6.92 Å². The Kier molecular flexibility index (Phi) is 3.38. The van der Waals surface area contributed by atoms with Gasteiger partial charge < -0.3 is 10.4 Å². The van der Waals surface area contributed by atoms with Crippen LogP contribution in [0.15, 0.2) is 30.5 Å². The van der Waals surface area contributed by atoms with Crippen molar-refractivity contribution in [3.05, 3.63) is 45.9 Å². The van der Waals surface area contributed by atoms with E-state index in [2.05, 4.69) is 10.3 Å². The maximum Gasteiger partial charge on any atom is 0.354 e. The second kappa shape index (κ2) is 4.97. The van der Waals surface area contributed by atoms with Crippen molar-refractivity contribution in [2.75, 3.05) is 5.32 Å². The van der Waals surface area contributed by atoms with Gasteiger partial charge in [-0.1, -0.05) is 0 Å². The van der Waals surface area contributed by atoms with Crippen molar-refractivity contribution < 1.29 is 14.7 Å². The molecule has 1 amide bonds. The van der Waals surface area contributed by atoms with E-state index >= 15 is 0 Å². The van der Waals surface area contributed by atoms with Crippen molar-refractivity contribution in [2.45, 2.75) is 6.92 Å². The molecule has 0 saturated heterocycles. The molecule has 0 aliphatic heterocycles. The number of carboxylic acids is 1. The van der Waals surface area contributed by atoms with Crippen LogP contribution in [0.5, 0.6) is 0 Å². The number of nitrogens with zero attached hydrogens (tertiary/aromatic N) is 1. The molecule has 6 heteroatoms. The Morgan fingerprint density at radius 1 is 1.33 bits per heavy atom. The summed E-state index contributed by atoms with van der Waals surface area (Å²) in [6.45, 7) is 1.91. The standard InChI is InChI=1S/C12H10N2O3S/c1-7-2-3-10(18-7)11(15)14-8-4-5-13-9(6-8)12(16)17/h2-6H,1H3,(H,16,17)(H,13,14,15). The van der Waals surface area contributed by atoms with Gasteiger partial charge in [-0.2, -0.15) is 0 Å². The molecule has 0 unspecified atom stereocenters. The number of nitrogens with one attached hydrogen (secondary N) is 1. The molecule has 18 heavy (non-hydrogen) atoms. The third-order valence-electron chi connectivity index (χ3n) is 2.20. The summed E-state index contributed by atoms with van der Waals surface area (Å²) in [7, 11) is 0. The summed E-state index contributed by atoms with van der Waals surface area (Å²) in [4.78, 5) is 27.9. The normalized spacial score (nSPS) is 10.1. The van der Waals surface area contributed by atoms with Crippen LogP contribution in [0.2, 0.25) is 0 Å². The number of thiophene rings is 1. The Morgan fingerprint density at radius 2 is 2.11 bits per heavy atom. The van der Waals surface area contributed by atoms with Crippen LogP contribution in [-0.4, -0.2) is 22.0 Å². The third kappa shape index (κ3) is 2.72. The molecule has 0 bridgehead atoms. The predicted molar refractivity (Wildman–Crippen MR) is 68.2 cm³/mol. The van der Waals surface area contributed by atoms with Gasteiger partial charge in [0, 0.05) is 16.8 Å². The van der Waals surface area contributed by atoms with Gasteiger partial charge in [-0.25, -0.2) is 9.78 Å². The number of amides is 1. The van der Waals surface area contributed by atoms with Crippen LogP contribution in [-0.2, 0) is 0 Å². The van der Waals surface area contributed by atoms with Gasteiger partial charge in [0.25, 0.3) is 5.91 Å². The van der Waals surface area contributed by atoms with Gasteiger partial charge in [0.05, 0.1) is 4.88 Å². The van der Waals surface area contributed by atoms with E-state index in [1.807, 2.05) is 13.0 Å². The number of rotatable bonds is 3. The van der Waals surface area contributed by atoms with Crippen molar-refractivity contribution in [1.29, 1.82) is 0 Å². The zero-order valence-electron chi connectivity index (χ0n) is 9.51. The van der Waals surface area contributed by atoms with Crippen LogP contribution >= 0.6 is 11.3 Å². The predicted octanol–water partition coefficient (Wildman–Crippen LogP) is 2.40. The summed E-state index contributed by atoms with van der Waals surface area (Å²) in [6, 6.07) is 6.45. The molecule has 2 aromatic heterocycles. The Balaban J connectivity index is 2.16. The minimum absolute atomic E-state index is 0.102. The molecule has 2 N–H and O–H groups in total. The number of carbonyl (C=O) groups is 2. The molecule has 0 aromatic carbocycles. The van der Waals surface area contributed by atoms with Crippen molar-refractivity contribution >= 4 is 28.9 Å². The highest BCUT2D eigenvalue weighted by Crippen LogP contribution is 2.17. The highest BCUT2D eigenvalue weighted by atomic mass is 32.1. The number of aromatic carboxylic acids is 1. The number of hydrogen-bond donors (Lipinski definition) is 2. The molecule has 92 valence electrons. The average Bonchev–Trinajstić information content (AvgIpc) is 2.76. The molecule has 5 nitrogen and oxygen atoms in total. The Hall–Kier alpha value is -2.21. The number of carbonyl (C=O) groups excluding carboxylic acids is 1. The second-order valence-electron chi connectivity index (χ2n) is 3.60. The first-order valence-electron chi connectivity index (χ1n) is 5.13. The Labute approximate surface area is 107 Å². The number of hydrogen-bond acceptors (Lipinski definition) is 4. The molecule has 0 fully saturated rings. The minimum Gasteiger partial charge on any atom is -0.477 e. The fourth-order valence-electron chi connectivity index (χ4n) is 1.37. The maximum absolute atomic E-state index is 11.8. The molecule has 2 heterocycles. The lowest BCUT2D eigenvalue weighted by Crippen LogP contribution is -2.11. The second-order valence-corrected chi connectivity index (χ2v) is 4.89. The lowest BCUT2D eigenvalue weighted by atomic mass is 10.3. The number of pyridine rings is 1. The lowest BCUT2D eigenvalue weighted by molar-refractivity contribution is 0.0690. The highest BCUT2D eigenvalue weighted by Gasteiger charge is 2.10.